The molecule has 2 saturated heterocycles. The molecule has 0 aliphatic carbocycles. The minimum absolute atomic E-state index is 0.0695. The standard InChI is InChI=1S/C35H31Cl2FN6O5/c1-40-42-32-25(12-41-13-29(32)39)19-8-26(36)31(27(37)9-19)34(45)43-14-18-4-3-5-22(33(18)49-17-43)23-11-30(24(10-28(23)38)35(46)47-2)44-20-6-7-21(44)16-48-15-20/h3-5,8-13,20-21H,6-7,14-17,39H2,1-2H3. The SMILES string of the molecule is CN=Nc1c(N)cncc1-c1cc(Cl)c(C(=O)N2COc3c(cccc3-c3cc(N4C5CCC4COC5)c(C(=O)OC)cc3F)C2)c(Cl)c1. The Morgan fingerprint density at radius 2 is 1.78 bits per heavy atom. The lowest BCUT2D eigenvalue weighted by molar-refractivity contribution is 0.0515. The number of nitrogens with two attached hydrogens (primary N) is 1. The quantitative estimate of drug-likeness (QED) is 0.163. The minimum atomic E-state index is -0.617. The number of nitrogens with zero attached hydrogens (tertiary/aromatic N) is 5. The molecule has 0 spiro atoms. The number of hydrogen-bond donors (Lipinski definition) is 1. The number of azo groups is 1. The molecule has 2 unspecified atom stereocenters. The molecular weight excluding hydrogens is 674 g/mol. The third kappa shape index (κ3) is 5.83. The fourth-order valence-corrected chi connectivity index (χ4v) is 7.53. The Hall–Kier alpha value is -4.78. The molecule has 4 heterocycles. The number of rotatable bonds is 6. The van der Waals surface area contributed by atoms with Crippen LogP contribution in [0.1, 0.15) is 39.1 Å². The molecule has 14 heteroatoms. The van der Waals surface area contributed by atoms with Crippen molar-refractivity contribution in [1.29, 1.82) is 0 Å². The van der Waals surface area contributed by atoms with E-state index in [2.05, 4.69) is 20.1 Å². The van der Waals surface area contributed by atoms with Gasteiger partial charge in [-0.15, -0.1) is 0 Å². The Kier molecular flexibility index (Phi) is 8.86. The van der Waals surface area contributed by atoms with Gasteiger partial charge in [0, 0.05) is 35.5 Å². The van der Waals surface area contributed by atoms with Crippen LogP contribution in [0.5, 0.6) is 5.75 Å². The number of hydrogen-bond acceptors (Lipinski definition) is 10. The van der Waals surface area contributed by atoms with E-state index in [4.69, 9.17) is 43.1 Å². The number of nitrogen functional groups attached to an aromatic ring is 1. The molecule has 3 aliphatic rings. The smallest absolute Gasteiger partial charge is 0.340 e. The Labute approximate surface area is 291 Å². The zero-order valence-corrected chi connectivity index (χ0v) is 28.1. The van der Waals surface area contributed by atoms with Crippen molar-refractivity contribution in [3.8, 4) is 28.0 Å². The number of morpholine rings is 1. The molecule has 7 rings (SSSR count). The summed E-state index contributed by atoms with van der Waals surface area (Å²) in [5.41, 5.74) is 10.2. The first kappa shape index (κ1) is 32.8. The molecular formula is C35H31Cl2FN6O5. The summed E-state index contributed by atoms with van der Waals surface area (Å²) in [6, 6.07) is 11.6. The number of esters is 1. The molecule has 4 aromatic rings. The van der Waals surface area contributed by atoms with Crippen LogP contribution in [0, 0.1) is 5.82 Å². The van der Waals surface area contributed by atoms with Gasteiger partial charge in [-0.2, -0.15) is 10.2 Å². The summed E-state index contributed by atoms with van der Waals surface area (Å²) in [5.74, 6) is -1.23. The van der Waals surface area contributed by atoms with Crippen LogP contribution in [-0.2, 0) is 16.0 Å². The van der Waals surface area contributed by atoms with Crippen molar-refractivity contribution in [2.45, 2.75) is 31.5 Å². The number of aromatic nitrogens is 1. The number of ether oxygens (including phenoxy) is 3. The average Bonchev–Trinajstić information content (AvgIpc) is 3.34. The van der Waals surface area contributed by atoms with Crippen molar-refractivity contribution in [3.05, 3.63) is 87.4 Å². The Bertz CT molecular complexity index is 1990. The van der Waals surface area contributed by atoms with Crippen LogP contribution in [0.15, 0.2) is 65.1 Å². The van der Waals surface area contributed by atoms with Gasteiger partial charge in [0.25, 0.3) is 5.91 Å². The highest BCUT2D eigenvalue weighted by Crippen LogP contribution is 2.44. The van der Waals surface area contributed by atoms with Crippen LogP contribution in [-0.4, -0.2) is 67.9 Å². The number of amides is 1. The molecule has 2 N–H and O–H groups in total. The van der Waals surface area contributed by atoms with Crippen molar-refractivity contribution in [2.24, 2.45) is 10.2 Å². The normalized spacial score (nSPS) is 18.4. The number of benzene rings is 3. The van der Waals surface area contributed by atoms with Gasteiger partial charge in [0.2, 0.25) is 0 Å². The van der Waals surface area contributed by atoms with E-state index in [1.54, 1.807) is 36.5 Å². The first-order chi connectivity index (χ1) is 23.7. The molecule has 252 valence electrons. The van der Waals surface area contributed by atoms with Gasteiger partial charge in [0.15, 0.2) is 6.73 Å². The van der Waals surface area contributed by atoms with E-state index in [1.165, 1.54) is 31.3 Å². The van der Waals surface area contributed by atoms with Crippen molar-refractivity contribution in [1.82, 2.24) is 9.88 Å². The van der Waals surface area contributed by atoms with E-state index >= 15 is 4.39 Å². The summed E-state index contributed by atoms with van der Waals surface area (Å²) in [7, 11) is 2.80. The van der Waals surface area contributed by atoms with E-state index in [0.717, 1.165) is 12.8 Å². The number of methoxy groups -OCH3 is 1. The third-order valence-corrected chi connectivity index (χ3v) is 9.72. The molecule has 1 aromatic heterocycles. The van der Waals surface area contributed by atoms with Crippen molar-refractivity contribution < 1.29 is 28.2 Å². The molecule has 2 bridgehead atoms. The first-order valence-corrected chi connectivity index (χ1v) is 16.3. The molecule has 0 radical (unpaired) electrons. The number of fused-ring (bicyclic) bond motifs is 3. The predicted molar refractivity (Wildman–Crippen MR) is 183 cm³/mol. The van der Waals surface area contributed by atoms with E-state index in [0.29, 0.717) is 58.3 Å². The van der Waals surface area contributed by atoms with E-state index in [-0.39, 0.29) is 52.1 Å². The monoisotopic (exact) mass is 704 g/mol. The van der Waals surface area contributed by atoms with Gasteiger partial charge in [0.1, 0.15) is 17.3 Å². The van der Waals surface area contributed by atoms with E-state index in [1.807, 2.05) is 6.07 Å². The number of carbonyl (C=O) groups excluding carboxylic acids is 2. The fourth-order valence-electron chi connectivity index (χ4n) is 6.88. The average molecular weight is 706 g/mol. The molecule has 3 aliphatic heterocycles. The molecule has 2 atom stereocenters. The molecule has 1 amide bonds. The Balaban J connectivity index is 1.20. The minimum Gasteiger partial charge on any atom is -0.472 e. The van der Waals surface area contributed by atoms with E-state index in [9.17, 15) is 9.59 Å². The van der Waals surface area contributed by atoms with Crippen molar-refractivity contribution in [3.63, 3.8) is 0 Å². The van der Waals surface area contributed by atoms with Gasteiger partial charge in [-0.3, -0.25) is 9.78 Å². The second-order valence-electron chi connectivity index (χ2n) is 12.0. The Morgan fingerprint density at radius 1 is 1.04 bits per heavy atom. The van der Waals surface area contributed by atoms with Crippen LogP contribution < -0.4 is 15.4 Å². The molecule has 0 saturated carbocycles. The zero-order chi connectivity index (χ0) is 34.4. The van der Waals surface area contributed by atoms with E-state index < -0.39 is 17.7 Å². The topological polar surface area (TPSA) is 132 Å². The summed E-state index contributed by atoms with van der Waals surface area (Å²) in [5, 5.41) is 8.18. The van der Waals surface area contributed by atoms with Gasteiger partial charge in [-0.1, -0.05) is 41.4 Å². The first-order valence-electron chi connectivity index (χ1n) is 15.5. The molecule has 2 fully saturated rings. The number of anilines is 2. The van der Waals surface area contributed by atoms with Gasteiger partial charge in [-0.25, -0.2) is 9.18 Å². The Morgan fingerprint density at radius 3 is 2.47 bits per heavy atom. The van der Waals surface area contributed by atoms with Gasteiger partial charge in [0.05, 0.1) is 77.7 Å². The maximum atomic E-state index is 15.9. The van der Waals surface area contributed by atoms with Crippen molar-refractivity contribution in [2.75, 3.05) is 44.7 Å². The lowest BCUT2D eigenvalue weighted by Gasteiger charge is -2.37. The summed E-state index contributed by atoms with van der Waals surface area (Å²) in [6.07, 6.45) is 4.85. The summed E-state index contributed by atoms with van der Waals surface area (Å²) >= 11 is 13.4. The number of pyridine rings is 1. The van der Waals surface area contributed by atoms with Gasteiger partial charge in [-0.05, 0) is 42.7 Å². The van der Waals surface area contributed by atoms with Crippen LogP contribution >= 0.6 is 23.2 Å². The fraction of sp³-hybridized carbons (Fsp3) is 0.286. The van der Waals surface area contributed by atoms with Gasteiger partial charge < -0.3 is 29.7 Å². The predicted octanol–water partition coefficient (Wildman–Crippen LogP) is 7.30. The lowest BCUT2D eigenvalue weighted by Crippen LogP contribution is -2.46. The zero-order valence-electron chi connectivity index (χ0n) is 26.6. The maximum absolute atomic E-state index is 15.9. The molecule has 49 heavy (non-hydrogen) atoms. The third-order valence-electron chi connectivity index (χ3n) is 9.12. The highest BCUT2D eigenvalue weighted by atomic mass is 35.5. The van der Waals surface area contributed by atoms with Crippen molar-refractivity contribution >= 4 is 52.1 Å². The molecule has 3 aromatic carbocycles. The largest absolute Gasteiger partial charge is 0.472 e. The summed E-state index contributed by atoms with van der Waals surface area (Å²) < 4.78 is 32.8. The maximum Gasteiger partial charge on any atom is 0.340 e. The lowest BCUT2D eigenvalue weighted by atomic mass is 9.96. The van der Waals surface area contributed by atoms with Crippen LogP contribution in [0.2, 0.25) is 10.0 Å². The summed E-state index contributed by atoms with van der Waals surface area (Å²) in [6.45, 7) is 1.06. The highest BCUT2D eigenvalue weighted by Gasteiger charge is 2.40. The highest BCUT2D eigenvalue weighted by molar-refractivity contribution is 6.40. The van der Waals surface area contributed by atoms with Crippen LogP contribution in [0.25, 0.3) is 22.3 Å². The second kappa shape index (κ2) is 13.3. The number of carbonyl (C=O) groups is 2. The number of halogens is 3. The van der Waals surface area contributed by atoms with Crippen LogP contribution in [0.4, 0.5) is 21.5 Å². The second-order valence-corrected chi connectivity index (χ2v) is 12.8. The molecule has 11 nitrogen and oxygen atoms in total. The van der Waals surface area contributed by atoms with Crippen LogP contribution in [0.3, 0.4) is 0 Å². The van der Waals surface area contributed by atoms with Gasteiger partial charge >= 0.3 is 5.97 Å². The summed E-state index contributed by atoms with van der Waals surface area (Å²) in [4.78, 5) is 34.4. The number of para-hydroxylation sites is 1.